The van der Waals surface area contributed by atoms with Crippen molar-refractivity contribution < 1.29 is 13.5 Å². The first-order valence-electron chi connectivity index (χ1n) is 3.88. The summed E-state index contributed by atoms with van der Waals surface area (Å²) < 4.78 is 30.4. The van der Waals surface area contributed by atoms with Gasteiger partial charge < -0.3 is 10.5 Å². The van der Waals surface area contributed by atoms with Crippen LogP contribution in [0.4, 0.5) is 8.78 Å². The van der Waals surface area contributed by atoms with Crippen molar-refractivity contribution in [3.05, 3.63) is 11.8 Å². The van der Waals surface area contributed by atoms with E-state index in [9.17, 15) is 8.78 Å². The highest BCUT2D eigenvalue weighted by molar-refractivity contribution is 5.02. The fourth-order valence-corrected chi connectivity index (χ4v) is 1.16. The number of ether oxygens (including phenoxy) is 1. The summed E-state index contributed by atoms with van der Waals surface area (Å²) in [6.07, 6.45) is 1.69. The number of allylic oxidation sites excluding steroid dienone is 1. The van der Waals surface area contributed by atoms with E-state index in [1.54, 1.807) is 13.0 Å². The van der Waals surface area contributed by atoms with E-state index in [4.69, 9.17) is 10.5 Å². The standard InChI is InChI=1S/C8H13F2NO/c1-5-3-4-6(12-5)7(11)8(2,9)10/h3,6-7H,4,11H2,1-2H3/t6?,7-/m0/s1. The maximum atomic E-state index is 12.7. The molecular formula is C8H13F2NO. The van der Waals surface area contributed by atoms with E-state index in [1.165, 1.54) is 0 Å². The van der Waals surface area contributed by atoms with Crippen LogP contribution in [-0.2, 0) is 4.74 Å². The second-order valence-electron chi connectivity index (χ2n) is 3.19. The Kier molecular flexibility index (Phi) is 2.37. The van der Waals surface area contributed by atoms with Gasteiger partial charge >= 0.3 is 0 Å². The van der Waals surface area contributed by atoms with E-state index in [1.807, 2.05) is 0 Å². The van der Waals surface area contributed by atoms with Gasteiger partial charge in [0.15, 0.2) is 0 Å². The highest BCUT2D eigenvalue weighted by Gasteiger charge is 2.39. The van der Waals surface area contributed by atoms with Crippen LogP contribution in [0.1, 0.15) is 20.3 Å². The SMILES string of the molecule is CC1=CCC([C@H](N)C(C)(F)F)O1. The average molecular weight is 177 g/mol. The number of hydrogen-bond acceptors (Lipinski definition) is 2. The molecule has 0 aromatic heterocycles. The second kappa shape index (κ2) is 3.01. The molecule has 2 nitrogen and oxygen atoms in total. The molecule has 0 fully saturated rings. The summed E-state index contributed by atoms with van der Waals surface area (Å²) in [5.41, 5.74) is 5.31. The lowest BCUT2D eigenvalue weighted by atomic mass is 10.0. The zero-order valence-corrected chi connectivity index (χ0v) is 7.18. The molecule has 2 N–H and O–H groups in total. The van der Waals surface area contributed by atoms with Crippen molar-refractivity contribution in [1.29, 1.82) is 0 Å². The smallest absolute Gasteiger partial charge is 0.263 e. The molecule has 4 heteroatoms. The van der Waals surface area contributed by atoms with Crippen molar-refractivity contribution in [2.24, 2.45) is 5.73 Å². The monoisotopic (exact) mass is 177 g/mol. The summed E-state index contributed by atoms with van der Waals surface area (Å²) in [5, 5.41) is 0. The third-order valence-electron chi connectivity index (χ3n) is 1.96. The normalized spacial score (nSPS) is 26.4. The summed E-state index contributed by atoms with van der Waals surface area (Å²) in [6.45, 7) is 2.55. The predicted molar refractivity (Wildman–Crippen MR) is 41.8 cm³/mol. The van der Waals surface area contributed by atoms with E-state index < -0.39 is 18.1 Å². The van der Waals surface area contributed by atoms with Crippen LogP contribution >= 0.6 is 0 Å². The van der Waals surface area contributed by atoms with Crippen LogP contribution in [0.3, 0.4) is 0 Å². The maximum absolute atomic E-state index is 12.7. The van der Waals surface area contributed by atoms with Gasteiger partial charge in [0, 0.05) is 13.3 Å². The summed E-state index contributed by atoms with van der Waals surface area (Å²) in [7, 11) is 0. The Hall–Kier alpha value is -0.640. The third-order valence-corrected chi connectivity index (χ3v) is 1.96. The van der Waals surface area contributed by atoms with Gasteiger partial charge in [0.1, 0.15) is 12.1 Å². The van der Waals surface area contributed by atoms with Crippen LogP contribution < -0.4 is 5.73 Å². The Labute approximate surface area is 70.4 Å². The zero-order chi connectivity index (χ0) is 9.35. The molecule has 1 heterocycles. The maximum Gasteiger partial charge on any atom is 0.263 e. The zero-order valence-electron chi connectivity index (χ0n) is 7.18. The average Bonchev–Trinajstić information content (AvgIpc) is 2.32. The van der Waals surface area contributed by atoms with E-state index in [0.29, 0.717) is 12.2 Å². The molecule has 1 aliphatic rings. The number of halogens is 2. The number of alkyl halides is 2. The van der Waals surface area contributed by atoms with Crippen LogP contribution in [0.5, 0.6) is 0 Å². The molecule has 1 unspecified atom stereocenters. The van der Waals surface area contributed by atoms with Crippen LogP contribution in [0.2, 0.25) is 0 Å². The van der Waals surface area contributed by atoms with E-state index in [-0.39, 0.29) is 0 Å². The molecule has 0 aliphatic carbocycles. The van der Waals surface area contributed by atoms with Gasteiger partial charge in [-0.05, 0) is 13.0 Å². The molecule has 0 amide bonds. The molecule has 0 bridgehead atoms. The highest BCUT2D eigenvalue weighted by atomic mass is 19.3. The van der Waals surface area contributed by atoms with Crippen LogP contribution in [0.15, 0.2) is 11.8 Å². The molecule has 70 valence electrons. The fraction of sp³-hybridized carbons (Fsp3) is 0.750. The molecule has 0 spiro atoms. The lowest BCUT2D eigenvalue weighted by Gasteiger charge is -2.25. The molecule has 0 saturated carbocycles. The van der Waals surface area contributed by atoms with Crippen molar-refractivity contribution in [3.63, 3.8) is 0 Å². The lowest BCUT2D eigenvalue weighted by molar-refractivity contribution is -0.0505. The molecule has 2 atom stereocenters. The largest absolute Gasteiger partial charge is 0.493 e. The first-order valence-corrected chi connectivity index (χ1v) is 3.88. The van der Waals surface area contributed by atoms with E-state index in [0.717, 1.165) is 6.92 Å². The number of hydrogen-bond donors (Lipinski definition) is 1. The Morgan fingerprint density at radius 2 is 2.33 bits per heavy atom. The van der Waals surface area contributed by atoms with Gasteiger partial charge in [-0.25, -0.2) is 8.78 Å². The molecule has 1 aliphatic heterocycles. The Morgan fingerprint density at radius 3 is 2.67 bits per heavy atom. The van der Waals surface area contributed by atoms with E-state index in [2.05, 4.69) is 0 Å². The minimum Gasteiger partial charge on any atom is -0.493 e. The van der Waals surface area contributed by atoms with Gasteiger partial charge in [0.2, 0.25) is 0 Å². The minimum atomic E-state index is -2.87. The van der Waals surface area contributed by atoms with Crippen LogP contribution in [0.25, 0.3) is 0 Å². The molecule has 1 rings (SSSR count). The summed E-state index contributed by atoms with van der Waals surface area (Å²) in [4.78, 5) is 0. The van der Waals surface area contributed by atoms with Crippen molar-refractivity contribution >= 4 is 0 Å². The Morgan fingerprint density at radius 1 is 1.75 bits per heavy atom. The number of nitrogens with two attached hydrogens (primary N) is 1. The molecule has 0 aromatic rings. The Balaban J connectivity index is 2.51. The van der Waals surface area contributed by atoms with Crippen molar-refractivity contribution in [2.75, 3.05) is 0 Å². The third kappa shape index (κ3) is 1.94. The summed E-state index contributed by atoms with van der Waals surface area (Å²) >= 11 is 0. The quantitative estimate of drug-likeness (QED) is 0.696. The summed E-state index contributed by atoms with van der Waals surface area (Å²) in [5.74, 6) is -2.19. The molecular weight excluding hydrogens is 164 g/mol. The van der Waals surface area contributed by atoms with Gasteiger partial charge in [-0.2, -0.15) is 0 Å². The van der Waals surface area contributed by atoms with Gasteiger partial charge in [0.25, 0.3) is 5.92 Å². The van der Waals surface area contributed by atoms with Crippen molar-refractivity contribution in [2.45, 2.75) is 38.3 Å². The number of rotatable bonds is 2. The van der Waals surface area contributed by atoms with Gasteiger partial charge in [-0.1, -0.05) is 0 Å². The van der Waals surface area contributed by atoms with Crippen LogP contribution in [-0.4, -0.2) is 18.1 Å². The topological polar surface area (TPSA) is 35.2 Å². The predicted octanol–water partition coefficient (Wildman–Crippen LogP) is 1.66. The fourth-order valence-electron chi connectivity index (χ4n) is 1.16. The lowest BCUT2D eigenvalue weighted by Crippen LogP contribution is -2.47. The molecule has 0 radical (unpaired) electrons. The van der Waals surface area contributed by atoms with Gasteiger partial charge in [0.05, 0.1) is 5.76 Å². The van der Waals surface area contributed by atoms with Gasteiger partial charge in [-0.15, -0.1) is 0 Å². The van der Waals surface area contributed by atoms with Crippen molar-refractivity contribution in [3.8, 4) is 0 Å². The highest BCUT2D eigenvalue weighted by Crippen LogP contribution is 2.26. The van der Waals surface area contributed by atoms with E-state index >= 15 is 0 Å². The summed E-state index contributed by atoms with van der Waals surface area (Å²) in [6, 6.07) is -1.22. The van der Waals surface area contributed by atoms with Crippen molar-refractivity contribution in [1.82, 2.24) is 0 Å². The minimum absolute atomic E-state index is 0.483. The first kappa shape index (κ1) is 9.45. The Bertz CT molecular complexity index is 198. The molecule has 0 aromatic carbocycles. The van der Waals surface area contributed by atoms with Crippen LogP contribution in [0, 0.1) is 0 Å². The first-order chi connectivity index (χ1) is 5.41. The molecule has 0 saturated heterocycles. The molecule has 12 heavy (non-hydrogen) atoms. The van der Waals surface area contributed by atoms with Gasteiger partial charge in [-0.3, -0.25) is 0 Å². The second-order valence-corrected chi connectivity index (χ2v) is 3.19.